The zero-order valence-electron chi connectivity index (χ0n) is 17.1. The number of nitrogens with zero attached hydrogens (tertiary/aromatic N) is 1. The minimum atomic E-state index is -0.395. The SMILES string of the molecule is CCC(C)OCCc1ccc([C@@H](CN)C(=O)Nc2ccc3cnccc3c2)cc1. The van der Waals surface area contributed by atoms with Crippen molar-refractivity contribution in [2.24, 2.45) is 5.73 Å². The van der Waals surface area contributed by atoms with Crippen LogP contribution >= 0.6 is 0 Å². The molecule has 0 aliphatic heterocycles. The van der Waals surface area contributed by atoms with E-state index in [2.05, 4.69) is 24.1 Å². The van der Waals surface area contributed by atoms with E-state index < -0.39 is 5.92 Å². The van der Waals surface area contributed by atoms with Crippen molar-refractivity contribution >= 4 is 22.4 Å². The van der Waals surface area contributed by atoms with Crippen LogP contribution in [0.2, 0.25) is 0 Å². The van der Waals surface area contributed by atoms with Crippen LogP contribution in [0, 0.1) is 0 Å². The lowest BCUT2D eigenvalue weighted by atomic mass is 9.96. The van der Waals surface area contributed by atoms with Crippen molar-refractivity contribution in [3.8, 4) is 0 Å². The largest absolute Gasteiger partial charge is 0.378 e. The summed E-state index contributed by atoms with van der Waals surface area (Å²) in [7, 11) is 0. The van der Waals surface area contributed by atoms with E-state index in [9.17, 15) is 4.79 Å². The van der Waals surface area contributed by atoms with Crippen molar-refractivity contribution in [3.05, 3.63) is 72.1 Å². The maximum Gasteiger partial charge on any atom is 0.233 e. The number of pyridine rings is 1. The van der Waals surface area contributed by atoms with Gasteiger partial charge in [0.2, 0.25) is 5.91 Å². The van der Waals surface area contributed by atoms with E-state index in [1.807, 2.05) is 48.5 Å². The van der Waals surface area contributed by atoms with Gasteiger partial charge in [0, 0.05) is 30.0 Å². The van der Waals surface area contributed by atoms with Crippen LogP contribution in [-0.2, 0) is 16.0 Å². The van der Waals surface area contributed by atoms with Gasteiger partial charge in [-0.05, 0) is 54.5 Å². The fraction of sp³-hybridized carbons (Fsp3) is 0.333. The van der Waals surface area contributed by atoms with Crippen molar-refractivity contribution in [1.82, 2.24) is 4.98 Å². The van der Waals surface area contributed by atoms with Crippen molar-refractivity contribution in [2.45, 2.75) is 38.7 Å². The van der Waals surface area contributed by atoms with Crippen LogP contribution in [0.15, 0.2) is 60.9 Å². The zero-order chi connectivity index (χ0) is 20.6. The summed E-state index contributed by atoms with van der Waals surface area (Å²) in [4.78, 5) is 16.9. The second-order valence-electron chi connectivity index (χ2n) is 7.30. The molecule has 152 valence electrons. The van der Waals surface area contributed by atoms with Crippen LogP contribution in [0.3, 0.4) is 0 Å². The molecule has 2 aromatic carbocycles. The second kappa shape index (κ2) is 10.1. The van der Waals surface area contributed by atoms with Gasteiger partial charge in [-0.2, -0.15) is 0 Å². The molecule has 1 amide bonds. The van der Waals surface area contributed by atoms with Crippen molar-refractivity contribution < 1.29 is 9.53 Å². The van der Waals surface area contributed by atoms with E-state index in [0.29, 0.717) is 6.61 Å². The first-order chi connectivity index (χ1) is 14.1. The molecular formula is C24H29N3O2. The monoisotopic (exact) mass is 391 g/mol. The number of nitrogens with one attached hydrogen (secondary N) is 1. The molecule has 0 radical (unpaired) electrons. The van der Waals surface area contributed by atoms with Gasteiger partial charge in [-0.1, -0.05) is 37.3 Å². The quantitative estimate of drug-likeness (QED) is 0.571. The Labute approximate surface area is 172 Å². The topological polar surface area (TPSA) is 77.2 Å². The molecule has 1 aromatic heterocycles. The van der Waals surface area contributed by atoms with Gasteiger partial charge < -0.3 is 15.8 Å². The summed E-state index contributed by atoms with van der Waals surface area (Å²) in [5.41, 5.74) is 8.79. The number of hydrogen-bond acceptors (Lipinski definition) is 4. The number of amides is 1. The highest BCUT2D eigenvalue weighted by Gasteiger charge is 2.19. The number of carbonyl (C=O) groups is 1. The number of carbonyl (C=O) groups excluding carboxylic acids is 1. The first kappa shape index (κ1) is 21.0. The number of ether oxygens (including phenoxy) is 1. The number of aromatic nitrogens is 1. The lowest BCUT2D eigenvalue weighted by Gasteiger charge is -2.16. The number of anilines is 1. The smallest absolute Gasteiger partial charge is 0.233 e. The third-order valence-electron chi connectivity index (χ3n) is 5.21. The first-order valence-electron chi connectivity index (χ1n) is 10.2. The van der Waals surface area contributed by atoms with Crippen LogP contribution < -0.4 is 11.1 Å². The van der Waals surface area contributed by atoms with E-state index in [-0.39, 0.29) is 18.6 Å². The van der Waals surface area contributed by atoms with Gasteiger partial charge in [-0.3, -0.25) is 9.78 Å². The standard InChI is InChI=1S/C24H29N3O2/c1-3-17(2)29-13-11-18-4-6-19(7-5-18)23(15-25)24(28)27-22-9-8-21-16-26-12-10-20(21)14-22/h4-10,12,14,16-17,23H,3,11,13,15,25H2,1-2H3,(H,27,28)/t17?,23-/m1/s1. The summed E-state index contributed by atoms with van der Waals surface area (Å²) in [5, 5.41) is 5.06. The molecular weight excluding hydrogens is 362 g/mol. The highest BCUT2D eigenvalue weighted by atomic mass is 16.5. The summed E-state index contributed by atoms with van der Waals surface area (Å²) in [6.07, 6.45) is 5.70. The normalized spacial score (nSPS) is 13.2. The average Bonchev–Trinajstić information content (AvgIpc) is 2.75. The number of fused-ring (bicyclic) bond motifs is 1. The number of rotatable bonds is 9. The predicted molar refractivity (Wildman–Crippen MR) is 118 cm³/mol. The molecule has 0 spiro atoms. The van der Waals surface area contributed by atoms with Gasteiger partial charge in [0.1, 0.15) is 0 Å². The minimum Gasteiger partial charge on any atom is -0.378 e. The fourth-order valence-corrected chi connectivity index (χ4v) is 3.20. The van der Waals surface area contributed by atoms with Crippen molar-refractivity contribution in [1.29, 1.82) is 0 Å². The molecule has 5 nitrogen and oxygen atoms in total. The highest BCUT2D eigenvalue weighted by Crippen LogP contribution is 2.21. The molecule has 0 fully saturated rings. The molecule has 3 rings (SSSR count). The third kappa shape index (κ3) is 5.62. The Morgan fingerprint density at radius 3 is 2.66 bits per heavy atom. The molecule has 29 heavy (non-hydrogen) atoms. The fourth-order valence-electron chi connectivity index (χ4n) is 3.20. The summed E-state index contributed by atoms with van der Waals surface area (Å²) in [6, 6.07) is 15.8. The molecule has 1 heterocycles. The van der Waals surface area contributed by atoms with E-state index in [0.717, 1.165) is 34.9 Å². The molecule has 3 N–H and O–H groups in total. The lowest BCUT2D eigenvalue weighted by Crippen LogP contribution is -2.27. The molecule has 2 atom stereocenters. The minimum absolute atomic E-state index is 0.103. The van der Waals surface area contributed by atoms with Crippen LogP contribution in [0.25, 0.3) is 10.8 Å². The molecule has 0 saturated carbocycles. The van der Waals surface area contributed by atoms with Gasteiger partial charge in [-0.15, -0.1) is 0 Å². The van der Waals surface area contributed by atoms with E-state index in [1.165, 1.54) is 5.56 Å². The lowest BCUT2D eigenvalue weighted by molar-refractivity contribution is -0.117. The Balaban J connectivity index is 1.63. The van der Waals surface area contributed by atoms with Crippen LogP contribution in [0.4, 0.5) is 5.69 Å². The van der Waals surface area contributed by atoms with Crippen LogP contribution in [0.1, 0.15) is 37.3 Å². The van der Waals surface area contributed by atoms with Crippen LogP contribution in [0.5, 0.6) is 0 Å². The number of benzene rings is 2. The second-order valence-corrected chi connectivity index (χ2v) is 7.30. The van der Waals surface area contributed by atoms with Gasteiger partial charge >= 0.3 is 0 Å². The Bertz CT molecular complexity index is 940. The Morgan fingerprint density at radius 1 is 1.14 bits per heavy atom. The first-order valence-corrected chi connectivity index (χ1v) is 10.2. The Kier molecular flexibility index (Phi) is 7.33. The maximum atomic E-state index is 12.8. The Hall–Kier alpha value is -2.76. The summed E-state index contributed by atoms with van der Waals surface area (Å²) < 4.78 is 5.74. The van der Waals surface area contributed by atoms with Gasteiger partial charge in [-0.25, -0.2) is 0 Å². The molecule has 3 aromatic rings. The van der Waals surface area contributed by atoms with E-state index in [4.69, 9.17) is 10.5 Å². The summed E-state index contributed by atoms with van der Waals surface area (Å²) >= 11 is 0. The van der Waals surface area contributed by atoms with Crippen molar-refractivity contribution in [3.63, 3.8) is 0 Å². The molecule has 5 heteroatoms. The van der Waals surface area contributed by atoms with Gasteiger partial charge in [0.05, 0.1) is 18.6 Å². The van der Waals surface area contributed by atoms with Gasteiger partial charge in [0.15, 0.2) is 0 Å². The van der Waals surface area contributed by atoms with Crippen LogP contribution in [-0.4, -0.2) is 30.1 Å². The molecule has 0 saturated heterocycles. The summed E-state index contributed by atoms with van der Waals surface area (Å²) in [6.45, 7) is 5.15. The number of nitrogens with two attached hydrogens (primary N) is 1. The zero-order valence-corrected chi connectivity index (χ0v) is 17.1. The average molecular weight is 392 g/mol. The van der Waals surface area contributed by atoms with E-state index in [1.54, 1.807) is 12.4 Å². The number of hydrogen-bond donors (Lipinski definition) is 2. The van der Waals surface area contributed by atoms with E-state index >= 15 is 0 Å². The highest BCUT2D eigenvalue weighted by molar-refractivity contribution is 5.98. The third-order valence-corrected chi connectivity index (χ3v) is 5.21. The maximum absolute atomic E-state index is 12.8. The molecule has 0 aliphatic carbocycles. The van der Waals surface area contributed by atoms with Crippen molar-refractivity contribution in [2.75, 3.05) is 18.5 Å². The molecule has 1 unspecified atom stereocenters. The molecule has 0 aliphatic rings. The molecule has 0 bridgehead atoms. The van der Waals surface area contributed by atoms with Gasteiger partial charge in [0.25, 0.3) is 0 Å². The predicted octanol–water partition coefficient (Wildman–Crippen LogP) is 4.27. The summed E-state index contributed by atoms with van der Waals surface area (Å²) in [5.74, 6) is -0.498. The Morgan fingerprint density at radius 2 is 1.93 bits per heavy atom.